The average Bonchev–Trinajstić information content (AvgIpc) is 2.05. The van der Waals surface area contributed by atoms with E-state index in [1.54, 1.807) is 0 Å². The summed E-state index contributed by atoms with van der Waals surface area (Å²) < 4.78 is 0. The Morgan fingerprint density at radius 3 is 3.00 bits per heavy atom. The maximum Gasteiger partial charge on any atom is 0.0715 e. The third-order valence-electron chi connectivity index (χ3n) is 2.04. The highest BCUT2D eigenvalue weighted by Gasteiger charge is 2.19. The van der Waals surface area contributed by atoms with E-state index in [4.69, 9.17) is 11.6 Å². The van der Waals surface area contributed by atoms with Crippen molar-refractivity contribution < 1.29 is 5.11 Å². The smallest absolute Gasteiger partial charge is 0.0715 e. The molecular weight excluding hydrogens is 150 g/mol. The Morgan fingerprint density at radius 2 is 2.50 bits per heavy atom. The summed E-state index contributed by atoms with van der Waals surface area (Å²) in [7, 11) is 0. The molecule has 0 aliphatic carbocycles. The second-order valence-electron chi connectivity index (χ2n) is 2.83. The second kappa shape index (κ2) is 4.16. The Balaban J connectivity index is 2.24. The van der Waals surface area contributed by atoms with E-state index in [1.165, 1.54) is 6.42 Å². The molecule has 0 aromatic carbocycles. The van der Waals surface area contributed by atoms with Crippen molar-refractivity contribution in [3.63, 3.8) is 0 Å². The Labute approximate surface area is 66.6 Å². The van der Waals surface area contributed by atoms with E-state index in [1.807, 2.05) is 0 Å². The van der Waals surface area contributed by atoms with Gasteiger partial charge in [0.2, 0.25) is 0 Å². The number of rotatable bonds is 2. The SMILES string of the molecule is OC(CCl)C1CCCNC1. The van der Waals surface area contributed by atoms with Crippen molar-refractivity contribution >= 4 is 11.6 Å². The lowest BCUT2D eigenvalue weighted by atomic mass is 9.95. The Kier molecular flexibility index (Phi) is 3.46. The summed E-state index contributed by atoms with van der Waals surface area (Å²) in [6, 6.07) is 0. The molecule has 60 valence electrons. The van der Waals surface area contributed by atoms with E-state index in [0.29, 0.717) is 11.8 Å². The van der Waals surface area contributed by atoms with Gasteiger partial charge < -0.3 is 10.4 Å². The molecule has 2 nitrogen and oxygen atoms in total. The van der Waals surface area contributed by atoms with Gasteiger partial charge in [0.15, 0.2) is 0 Å². The van der Waals surface area contributed by atoms with Crippen LogP contribution in [0.2, 0.25) is 0 Å². The van der Waals surface area contributed by atoms with Crippen LogP contribution in [0, 0.1) is 5.92 Å². The summed E-state index contributed by atoms with van der Waals surface area (Å²) in [6.45, 7) is 2.01. The van der Waals surface area contributed by atoms with Crippen LogP contribution < -0.4 is 5.32 Å². The van der Waals surface area contributed by atoms with Gasteiger partial charge in [0, 0.05) is 12.4 Å². The molecule has 0 aromatic heterocycles. The van der Waals surface area contributed by atoms with Crippen molar-refractivity contribution in [3.05, 3.63) is 0 Å². The first-order chi connectivity index (χ1) is 4.84. The van der Waals surface area contributed by atoms with Crippen LogP contribution in [0.5, 0.6) is 0 Å². The monoisotopic (exact) mass is 163 g/mol. The molecule has 0 amide bonds. The van der Waals surface area contributed by atoms with Crippen LogP contribution in [0.25, 0.3) is 0 Å². The predicted molar refractivity (Wildman–Crippen MR) is 42.3 cm³/mol. The van der Waals surface area contributed by atoms with E-state index < -0.39 is 0 Å². The fourth-order valence-corrected chi connectivity index (χ4v) is 1.59. The van der Waals surface area contributed by atoms with Crippen LogP contribution in [0.4, 0.5) is 0 Å². The zero-order valence-corrected chi connectivity index (χ0v) is 6.77. The quantitative estimate of drug-likeness (QED) is 0.584. The zero-order chi connectivity index (χ0) is 7.40. The van der Waals surface area contributed by atoms with Crippen LogP contribution in [-0.4, -0.2) is 30.2 Å². The summed E-state index contributed by atoms with van der Waals surface area (Å²) in [4.78, 5) is 0. The normalized spacial score (nSPS) is 30.0. The van der Waals surface area contributed by atoms with Gasteiger partial charge in [0.1, 0.15) is 0 Å². The average molecular weight is 164 g/mol. The van der Waals surface area contributed by atoms with Gasteiger partial charge >= 0.3 is 0 Å². The molecule has 1 aliphatic rings. The fraction of sp³-hybridized carbons (Fsp3) is 1.00. The number of piperidine rings is 1. The number of aliphatic hydroxyl groups excluding tert-OH is 1. The van der Waals surface area contributed by atoms with Crippen LogP contribution in [0.3, 0.4) is 0 Å². The fourth-order valence-electron chi connectivity index (χ4n) is 1.33. The molecule has 0 radical (unpaired) electrons. The summed E-state index contributed by atoms with van der Waals surface area (Å²) in [5, 5.41) is 12.5. The van der Waals surface area contributed by atoms with Gasteiger partial charge in [-0.1, -0.05) is 0 Å². The first-order valence-corrected chi connectivity index (χ1v) is 4.33. The molecule has 1 saturated heterocycles. The molecule has 3 heteroatoms. The maximum absolute atomic E-state index is 9.31. The van der Waals surface area contributed by atoms with E-state index >= 15 is 0 Å². The molecule has 10 heavy (non-hydrogen) atoms. The molecule has 1 fully saturated rings. The maximum atomic E-state index is 9.31. The minimum absolute atomic E-state index is 0.311. The van der Waals surface area contributed by atoms with Gasteiger partial charge in [-0.15, -0.1) is 11.6 Å². The van der Waals surface area contributed by atoms with Gasteiger partial charge in [-0.05, 0) is 25.3 Å². The predicted octanol–water partition coefficient (Wildman–Crippen LogP) is 0.586. The van der Waals surface area contributed by atoms with Crippen molar-refractivity contribution in [1.29, 1.82) is 0 Å². The van der Waals surface area contributed by atoms with Crippen LogP contribution in [0.1, 0.15) is 12.8 Å². The highest BCUT2D eigenvalue weighted by molar-refractivity contribution is 6.18. The van der Waals surface area contributed by atoms with Crippen molar-refractivity contribution in [2.45, 2.75) is 18.9 Å². The lowest BCUT2D eigenvalue weighted by Gasteiger charge is -2.25. The summed E-state index contributed by atoms with van der Waals surface area (Å²) >= 11 is 5.51. The Hall–Kier alpha value is 0.210. The molecule has 2 N–H and O–H groups in total. The molecular formula is C7H14ClNO. The third kappa shape index (κ3) is 2.11. The molecule has 2 unspecified atom stereocenters. The van der Waals surface area contributed by atoms with Gasteiger partial charge in [-0.2, -0.15) is 0 Å². The minimum atomic E-state index is -0.311. The van der Waals surface area contributed by atoms with Gasteiger partial charge in [0.25, 0.3) is 0 Å². The molecule has 0 bridgehead atoms. The Bertz CT molecular complexity index is 93.6. The van der Waals surface area contributed by atoms with Crippen molar-refractivity contribution in [1.82, 2.24) is 5.32 Å². The molecule has 1 aliphatic heterocycles. The van der Waals surface area contributed by atoms with E-state index in [0.717, 1.165) is 19.5 Å². The summed E-state index contributed by atoms with van der Waals surface area (Å²) in [5.41, 5.74) is 0. The molecule has 0 saturated carbocycles. The largest absolute Gasteiger partial charge is 0.392 e. The first-order valence-electron chi connectivity index (χ1n) is 3.79. The number of nitrogens with one attached hydrogen (secondary N) is 1. The zero-order valence-electron chi connectivity index (χ0n) is 6.02. The first kappa shape index (κ1) is 8.31. The number of alkyl halides is 1. The Morgan fingerprint density at radius 1 is 1.70 bits per heavy atom. The van der Waals surface area contributed by atoms with E-state index in [-0.39, 0.29) is 6.10 Å². The highest BCUT2D eigenvalue weighted by Crippen LogP contribution is 2.14. The summed E-state index contributed by atoms with van der Waals surface area (Å²) in [6.07, 6.45) is 1.97. The topological polar surface area (TPSA) is 32.3 Å². The van der Waals surface area contributed by atoms with E-state index in [2.05, 4.69) is 5.32 Å². The van der Waals surface area contributed by atoms with Crippen LogP contribution in [-0.2, 0) is 0 Å². The van der Waals surface area contributed by atoms with Crippen LogP contribution in [0.15, 0.2) is 0 Å². The number of aliphatic hydroxyl groups is 1. The molecule has 1 heterocycles. The van der Waals surface area contributed by atoms with Crippen molar-refractivity contribution in [2.75, 3.05) is 19.0 Å². The number of hydrogen-bond acceptors (Lipinski definition) is 2. The number of hydrogen-bond donors (Lipinski definition) is 2. The minimum Gasteiger partial charge on any atom is -0.392 e. The molecule has 1 rings (SSSR count). The van der Waals surface area contributed by atoms with Crippen LogP contribution >= 0.6 is 11.6 Å². The van der Waals surface area contributed by atoms with Gasteiger partial charge in [-0.25, -0.2) is 0 Å². The number of halogens is 1. The molecule has 2 atom stereocenters. The molecule has 0 spiro atoms. The lowest BCUT2D eigenvalue weighted by molar-refractivity contribution is 0.111. The lowest BCUT2D eigenvalue weighted by Crippen LogP contribution is -2.37. The second-order valence-corrected chi connectivity index (χ2v) is 3.14. The van der Waals surface area contributed by atoms with Crippen molar-refractivity contribution in [3.8, 4) is 0 Å². The summed E-state index contributed by atoms with van der Waals surface area (Å²) in [5.74, 6) is 0.748. The van der Waals surface area contributed by atoms with Gasteiger partial charge in [0.05, 0.1) is 6.10 Å². The van der Waals surface area contributed by atoms with E-state index in [9.17, 15) is 5.11 Å². The standard InChI is InChI=1S/C7H14ClNO/c8-4-7(10)6-2-1-3-9-5-6/h6-7,9-10H,1-5H2. The van der Waals surface area contributed by atoms with Crippen molar-refractivity contribution in [2.24, 2.45) is 5.92 Å². The molecule has 0 aromatic rings. The van der Waals surface area contributed by atoms with Gasteiger partial charge in [-0.3, -0.25) is 0 Å². The third-order valence-corrected chi connectivity index (χ3v) is 2.35. The highest BCUT2D eigenvalue weighted by atomic mass is 35.5.